The number of rotatable bonds is 14. The van der Waals surface area contributed by atoms with Gasteiger partial charge in [0.1, 0.15) is 23.9 Å². The average Bonchev–Trinajstić information content (AvgIpc) is 2.94. The van der Waals surface area contributed by atoms with Gasteiger partial charge in [-0.15, -0.1) is 0 Å². The topological polar surface area (TPSA) is 108 Å². The molecule has 0 radical (unpaired) electrons. The Balaban J connectivity index is 1.80. The highest BCUT2D eigenvalue weighted by Gasteiger charge is 2.18. The molecule has 0 amide bonds. The summed E-state index contributed by atoms with van der Waals surface area (Å²) in [6, 6.07) is 16.5. The molecule has 0 aliphatic carbocycles. The number of phenolic OH excluding ortho intramolecular Hbond substituents is 1. The molecule has 3 aromatic rings. The van der Waals surface area contributed by atoms with Gasteiger partial charge in [0.25, 0.3) is 0 Å². The number of hydrogen-bond acceptors (Lipinski definition) is 8. The lowest BCUT2D eigenvalue weighted by Gasteiger charge is -2.14. The van der Waals surface area contributed by atoms with Crippen molar-refractivity contribution in [3.8, 4) is 17.2 Å². The summed E-state index contributed by atoms with van der Waals surface area (Å²) in [5.41, 5.74) is 2.42. The fourth-order valence-electron chi connectivity index (χ4n) is 3.85. The Kier molecular flexibility index (Phi) is 11.1. The molecule has 0 heterocycles. The largest absolute Gasteiger partial charge is 0.507 e. The van der Waals surface area contributed by atoms with E-state index >= 15 is 0 Å². The Hall–Kier alpha value is -4.33. The first kappa shape index (κ1) is 30.2. The smallest absolute Gasteiger partial charge is 0.338 e. The molecular weight excluding hydrogens is 512 g/mol. The summed E-state index contributed by atoms with van der Waals surface area (Å²) in [5, 5.41) is 10.5. The summed E-state index contributed by atoms with van der Waals surface area (Å²) < 4.78 is 21.8. The van der Waals surface area contributed by atoms with Crippen molar-refractivity contribution >= 4 is 17.7 Å². The molecule has 0 aromatic heterocycles. The lowest BCUT2D eigenvalue weighted by Crippen LogP contribution is -2.09. The van der Waals surface area contributed by atoms with Crippen LogP contribution in [0.5, 0.6) is 17.2 Å². The number of esters is 2. The van der Waals surface area contributed by atoms with Crippen LogP contribution in [0.3, 0.4) is 0 Å². The fourth-order valence-corrected chi connectivity index (χ4v) is 3.85. The zero-order valence-corrected chi connectivity index (χ0v) is 23.4. The molecule has 40 heavy (non-hydrogen) atoms. The number of aromatic hydroxyl groups is 1. The van der Waals surface area contributed by atoms with Gasteiger partial charge in [-0.25, -0.2) is 4.79 Å². The third-order valence-electron chi connectivity index (χ3n) is 5.88. The van der Waals surface area contributed by atoms with Crippen molar-refractivity contribution < 1.29 is 38.4 Å². The Morgan fingerprint density at radius 1 is 0.825 bits per heavy atom. The maximum Gasteiger partial charge on any atom is 0.338 e. The number of benzene rings is 3. The van der Waals surface area contributed by atoms with E-state index < -0.39 is 0 Å². The van der Waals surface area contributed by atoms with Gasteiger partial charge in [0, 0.05) is 18.1 Å². The molecule has 1 N–H and O–H groups in total. The van der Waals surface area contributed by atoms with E-state index in [1.54, 1.807) is 62.4 Å². The first-order chi connectivity index (χ1) is 19.2. The monoisotopic (exact) mass is 548 g/mol. The quantitative estimate of drug-likeness (QED) is 0.196. The number of carbonyl (C=O) groups is 3. The molecule has 0 atom stereocenters. The van der Waals surface area contributed by atoms with E-state index in [0.29, 0.717) is 53.7 Å². The maximum atomic E-state index is 13.3. The highest BCUT2D eigenvalue weighted by Crippen LogP contribution is 2.29. The molecular formula is C32H36O8. The van der Waals surface area contributed by atoms with Crippen LogP contribution in [0.25, 0.3) is 0 Å². The first-order valence-electron chi connectivity index (χ1n) is 13.4. The minimum absolute atomic E-state index is 0.114. The van der Waals surface area contributed by atoms with Gasteiger partial charge in [-0.2, -0.15) is 0 Å². The van der Waals surface area contributed by atoms with Crippen LogP contribution < -0.4 is 9.47 Å². The molecule has 8 nitrogen and oxygen atoms in total. The van der Waals surface area contributed by atoms with Gasteiger partial charge in [-0.3, -0.25) is 9.59 Å². The van der Waals surface area contributed by atoms with Crippen molar-refractivity contribution in [1.29, 1.82) is 0 Å². The second kappa shape index (κ2) is 14.7. The molecule has 0 unspecified atom stereocenters. The van der Waals surface area contributed by atoms with Crippen LogP contribution in [0.2, 0.25) is 0 Å². The second-order valence-corrected chi connectivity index (χ2v) is 9.55. The van der Waals surface area contributed by atoms with Crippen LogP contribution >= 0.6 is 0 Å². The number of ketones is 1. The number of aryl methyl sites for hydroxylation is 1. The van der Waals surface area contributed by atoms with Gasteiger partial charge < -0.3 is 24.1 Å². The standard InChI is InChI=1S/C32H36O8/c1-5-37-30(34)16-12-24-17-25(31(35)27-14-13-26(18-28(27)33)39-19-21(3)4)11-15-29(24)40-20-22-7-9-23(10-8-22)32(36)38-6-2/h7-11,13-15,17-18,21,33H,5-6,12,16,19-20H2,1-4H3. The highest BCUT2D eigenvalue weighted by atomic mass is 16.5. The van der Waals surface area contributed by atoms with E-state index in [9.17, 15) is 19.5 Å². The number of ether oxygens (including phenoxy) is 4. The Bertz CT molecular complexity index is 1310. The predicted molar refractivity (Wildman–Crippen MR) is 150 cm³/mol. The molecule has 212 valence electrons. The second-order valence-electron chi connectivity index (χ2n) is 9.55. The van der Waals surface area contributed by atoms with Gasteiger partial charge in [-0.05, 0) is 79.8 Å². The summed E-state index contributed by atoms with van der Waals surface area (Å²) in [7, 11) is 0. The maximum absolute atomic E-state index is 13.3. The normalized spacial score (nSPS) is 10.7. The van der Waals surface area contributed by atoms with Crippen LogP contribution in [-0.2, 0) is 27.3 Å². The van der Waals surface area contributed by atoms with Crippen LogP contribution in [-0.4, -0.2) is 42.6 Å². The molecule has 0 saturated heterocycles. The van der Waals surface area contributed by atoms with Crippen molar-refractivity contribution in [2.75, 3.05) is 19.8 Å². The molecule has 0 aliphatic rings. The van der Waals surface area contributed by atoms with Crippen LogP contribution in [0.15, 0.2) is 60.7 Å². The number of carbonyl (C=O) groups excluding carboxylic acids is 3. The van der Waals surface area contributed by atoms with Gasteiger partial charge in [0.15, 0.2) is 5.78 Å². The van der Waals surface area contributed by atoms with Crippen LogP contribution in [0.4, 0.5) is 0 Å². The lowest BCUT2D eigenvalue weighted by molar-refractivity contribution is -0.143. The van der Waals surface area contributed by atoms with Crippen molar-refractivity contribution in [2.24, 2.45) is 5.92 Å². The van der Waals surface area contributed by atoms with E-state index in [2.05, 4.69) is 0 Å². The molecule has 3 rings (SSSR count). The highest BCUT2D eigenvalue weighted by molar-refractivity contribution is 6.11. The van der Waals surface area contributed by atoms with Gasteiger partial charge >= 0.3 is 11.9 Å². The van der Waals surface area contributed by atoms with Gasteiger partial charge in [-0.1, -0.05) is 26.0 Å². The average molecular weight is 549 g/mol. The molecule has 0 saturated carbocycles. The van der Waals surface area contributed by atoms with E-state index in [0.717, 1.165) is 5.56 Å². The van der Waals surface area contributed by atoms with E-state index in [1.165, 1.54) is 12.1 Å². The molecule has 0 fully saturated rings. The van der Waals surface area contributed by atoms with Gasteiger partial charge in [0.2, 0.25) is 0 Å². The van der Waals surface area contributed by atoms with Crippen LogP contribution in [0, 0.1) is 5.92 Å². The lowest BCUT2D eigenvalue weighted by atomic mass is 9.98. The van der Waals surface area contributed by atoms with Gasteiger partial charge in [0.05, 0.1) is 30.9 Å². The number of phenols is 1. The van der Waals surface area contributed by atoms with Crippen molar-refractivity contribution in [3.05, 3.63) is 88.5 Å². The zero-order chi connectivity index (χ0) is 29.1. The third kappa shape index (κ3) is 8.59. The molecule has 0 aliphatic heterocycles. The Morgan fingerprint density at radius 2 is 1.52 bits per heavy atom. The third-order valence-corrected chi connectivity index (χ3v) is 5.88. The van der Waals surface area contributed by atoms with E-state index in [1.807, 2.05) is 13.8 Å². The molecule has 0 spiro atoms. The first-order valence-corrected chi connectivity index (χ1v) is 13.4. The fraction of sp³-hybridized carbons (Fsp3) is 0.344. The van der Waals surface area contributed by atoms with Crippen molar-refractivity contribution in [1.82, 2.24) is 0 Å². The Morgan fingerprint density at radius 3 is 2.17 bits per heavy atom. The SMILES string of the molecule is CCOC(=O)CCc1cc(C(=O)c2ccc(OCC(C)C)cc2O)ccc1OCc1ccc(C(=O)OCC)cc1. The summed E-state index contributed by atoms with van der Waals surface area (Å²) in [4.78, 5) is 37.2. The van der Waals surface area contributed by atoms with E-state index in [-0.39, 0.29) is 48.7 Å². The zero-order valence-electron chi connectivity index (χ0n) is 23.4. The summed E-state index contributed by atoms with van der Waals surface area (Å²) in [6.45, 7) is 8.81. The summed E-state index contributed by atoms with van der Waals surface area (Å²) in [6.07, 6.45) is 0.411. The van der Waals surface area contributed by atoms with Crippen molar-refractivity contribution in [3.63, 3.8) is 0 Å². The summed E-state index contributed by atoms with van der Waals surface area (Å²) in [5.74, 6) is 0.0296. The molecule has 8 heteroatoms. The minimum atomic E-state index is -0.389. The molecule has 0 bridgehead atoms. The number of hydrogen-bond donors (Lipinski definition) is 1. The summed E-state index contributed by atoms with van der Waals surface area (Å²) >= 11 is 0. The predicted octanol–water partition coefficient (Wildman–Crippen LogP) is 5.91. The minimum Gasteiger partial charge on any atom is -0.507 e. The Labute approximate surface area is 234 Å². The van der Waals surface area contributed by atoms with Crippen molar-refractivity contribution in [2.45, 2.75) is 47.1 Å². The van der Waals surface area contributed by atoms with E-state index in [4.69, 9.17) is 18.9 Å². The molecule has 3 aromatic carbocycles. The van der Waals surface area contributed by atoms with Crippen LogP contribution in [0.1, 0.15) is 71.5 Å².